The van der Waals surface area contributed by atoms with Crippen LogP contribution in [-0.2, 0) is 46.9 Å². The van der Waals surface area contributed by atoms with Gasteiger partial charge in [-0.15, -0.1) is 71.8 Å². The summed E-state index contributed by atoms with van der Waals surface area (Å²) in [7, 11) is 0. The molecular weight excluding hydrogens is 1050 g/mol. The number of rotatable bonds is 8. The summed E-state index contributed by atoms with van der Waals surface area (Å²) < 4.78 is 14.8. The molecule has 0 fully saturated rings. The topological polar surface area (TPSA) is 78.2 Å². The molecule has 0 aliphatic carbocycles. The first-order valence-electron chi connectivity index (χ1n) is 20.0. The van der Waals surface area contributed by atoms with Gasteiger partial charge in [0.15, 0.2) is 0 Å². The Balaban J connectivity index is 0.00000252. The maximum Gasteiger partial charge on any atom is 2.00 e. The summed E-state index contributed by atoms with van der Waals surface area (Å²) in [5.74, 6) is 2.53. The number of hydrogen-bond acceptors (Lipinski definition) is 7. The molecule has 0 saturated heterocycles. The number of hydrogen-bond donors (Lipinski definition) is 0. The van der Waals surface area contributed by atoms with Crippen molar-refractivity contribution in [1.82, 2.24) is 24.5 Å². The van der Waals surface area contributed by atoms with Crippen LogP contribution in [0, 0.1) is 24.3 Å². The molecule has 0 unspecified atom stereocenters. The molecule has 0 saturated carbocycles. The Hall–Kier alpha value is -6.75. The van der Waals surface area contributed by atoms with E-state index in [0.717, 1.165) is 50.3 Å². The largest absolute Gasteiger partial charge is 2.00 e. The monoisotopic (exact) mass is 1090 g/mol. The Kier molecular flexibility index (Phi) is 11.4. The maximum absolute atomic E-state index is 6.42. The van der Waals surface area contributed by atoms with Crippen molar-refractivity contribution < 1.29 is 51.0 Å². The van der Waals surface area contributed by atoms with Gasteiger partial charge < -0.3 is 28.9 Å². The molecule has 11 rings (SSSR count). The van der Waals surface area contributed by atoms with Crippen molar-refractivity contribution in [3.05, 3.63) is 206 Å². The standard InChI is InChI=1S/C53H34N6O2.Pd.Pt/c1-53(2)44-17-3-5-21-48(44)58(49-22-6-4-18-45(49)53)37-33-56-52(57-34-37)59-50-31-40(60-38-15-11-13-35(29-38)46-19-7-9-27-54-46)23-25-42(50)43-26-24-41(32-51(43)59)61-39-16-12-14-36(30-39)47-20-8-10-28-55-47;;/h3-28,33-34H,1-2H3;;/q-4;2*+2. The van der Waals surface area contributed by atoms with Gasteiger partial charge in [-0.05, 0) is 46.8 Å². The van der Waals surface area contributed by atoms with Crippen molar-refractivity contribution >= 4 is 38.9 Å². The van der Waals surface area contributed by atoms with Gasteiger partial charge in [-0.3, -0.25) is 0 Å². The van der Waals surface area contributed by atoms with Crippen molar-refractivity contribution in [2.24, 2.45) is 0 Å². The third kappa shape index (κ3) is 7.63. The van der Waals surface area contributed by atoms with Crippen molar-refractivity contribution in [1.29, 1.82) is 0 Å². The summed E-state index contributed by atoms with van der Waals surface area (Å²) in [4.78, 5) is 21.3. The molecule has 0 amide bonds. The minimum Gasteiger partial charge on any atom is -0.503 e. The van der Waals surface area contributed by atoms with Crippen molar-refractivity contribution in [2.75, 3.05) is 4.90 Å². The third-order valence-electron chi connectivity index (χ3n) is 11.1. The van der Waals surface area contributed by atoms with E-state index in [9.17, 15) is 0 Å². The number of fused-ring (bicyclic) bond motifs is 5. The van der Waals surface area contributed by atoms with E-state index in [-0.39, 0.29) is 46.9 Å². The van der Waals surface area contributed by atoms with E-state index < -0.39 is 0 Å². The third-order valence-corrected chi connectivity index (χ3v) is 11.1. The molecule has 63 heavy (non-hydrogen) atoms. The van der Waals surface area contributed by atoms with Gasteiger partial charge in [0.05, 0.1) is 29.5 Å². The molecule has 8 nitrogen and oxygen atoms in total. The first kappa shape index (κ1) is 41.6. The van der Waals surface area contributed by atoms with Crippen LogP contribution in [0.5, 0.6) is 23.0 Å². The Morgan fingerprint density at radius 3 is 1.41 bits per heavy atom. The van der Waals surface area contributed by atoms with Crippen LogP contribution in [-0.4, -0.2) is 24.5 Å². The van der Waals surface area contributed by atoms with Crippen LogP contribution in [0.3, 0.4) is 0 Å². The summed E-state index contributed by atoms with van der Waals surface area (Å²) in [5, 5.41) is 1.85. The van der Waals surface area contributed by atoms with E-state index in [1.807, 2.05) is 114 Å². The molecule has 5 heterocycles. The van der Waals surface area contributed by atoms with Gasteiger partial charge >= 0.3 is 41.5 Å². The molecule has 1 aliphatic rings. The second-order valence-corrected chi connectivity index (χ2v) is 15.2. The van der Waals surface area contributed by atoms with Crippen LogP contribution in [0.2, 0.25) is 0 Å². The van der Waals surface area contributed by atoms with Gasteiger partial charge in [0, 0.05) is 40.8 Å². The number of nitrogens with zero attached hydrogens (tertiary/aromatic N) is 6. The van der Waals surface area contributed by atoms with Gasteiger partial charge in [0.2, 0.25) is 5.95 Å². The van der Waals surface area contributed by atoms with Crippen LogP contribution in [0.15, 0.2) is 170 Å². The van der Waals surface area contributed by atoms with Gasteiger partial charge in [0.25, 0.3) is 0 Å². The number of anilines is 3. The number of para-hydroxylation sites is 2. The van der Waals surface area contributed by atoms with Gasteiger partial charge in [-0.2, -0.15) is 22.9 Å². The number of pyridine rings is 2. The van der Waals surface area contributed by atoms with E-state index in [0.29, 0.717) is 40.0 Å². The Labute approximate surface area is 393 Å². The maximum atomic E-state index is 6.42. The van der Waals surface area contributed by atoms with Crippen LogP contribution in [0.4, 0.5) is 17.1 Å². The zero-order chi connectivity index (χ0) is 40.9. The zero-order valence-corrected chi connectivity index (χ0v) is 37.6. The summed E-state index contributed by atoms with van der Waals surface area (Å²) in [5.41, 5.74) is 10.0. The van der Waals surface area contributed by atoms with Crippen LogP contribution in [0.1, 0.15) is 25.0 Å². The zero-order valence-electron chi connectivity index (χ0n) is 33.8. The molecule has 0 bridgehead atoms. The predicted molar refractivity (Wildman–Crippen MR) is 238 cm³/mol. The second kappa shape index (κ2) is 17.2. The molecule has 4 aromatic heterocycles. The first-order chi connectivity index (χ1) is 30.0. The number of aromatic nitrogens is 5. The van der Waals surface area contributed by atoms with E-state index in [2.05, 4.69) is 102 Å². The molecule has 6 aromatic carbocycles. The Bertz CT molecular complexity index is 3060. The summed E-state index contributed by atoms with van der Waals surface area (Å²) >= 11 is 0. The Morgan fingerprint density at radius 1 is 0.476 bits per heavy atom. The number of benzene rings is 6. The molecule has 0 radical (unpaired) electrons. The second-order valence-electron chi connectivity index (χ2n) is 15.2. The first-order valence-corrected chi connectivity index (χ1v) is 20.0. The fraction of sp³-hybridized carbons (Fsp3) is 0.0566. The quantitative estimate of drug-likeness (QED) is 0.111. The Morgan fingerprint density at radius 2 is 0.937 bits per heavy atom. The van der Waals surface area contributed by atoms with Crippen LogP contribution < -0.4 is 14.4 Å². The summed E-state index contributed by atoms with van der Waals surface area (Å²) in [6.45, 7) is 4.55. The van der Waals surface area contributed by atoms with Gasteiger partial charge in [-0.25, -0.2) is 9.97 Å². The number of ether oxygens (including phenoxy) is 2. The van der Waals surface area contributed by atoms with E-state index in [1.54, 1.807) is 12.4 Å². The molecule has 10 aromatic rings. The smallest absolute Gasteiger partial charge is 0.503 e. The van der Waals surface area contributed by atoms with Crippen LogP contribution in [0.25, 0.3) is 50.3 Å². The summed E-state index contributed by atoms with van der Waals surface area (Å²) in [6.07, 6.45) is 7.29. The average molecular weight is 1090 g/mol. The fourth-order valence-electron chi connectivity index (χ4n) is 8.23. The summed E-state index contributed by atoms with van der Waals surface area (Å²) in [6, 6.07) is 61.9. The minimum atomic E-state index is -0.187. The van der Waals surface area contributed by atoms with Crippen molar-refractivity contribution in [3.8, 4) is 51.5 Å². The molecule has 0 spiro atoms. The van der Waals surface area contributed by atoms with Gasteiger partial charge in [-0.1, -0.05) is 97.7 Å². The fourth-order valence-corrected chi connectivity index (χ4v) is 8.23. The molecule has 308 valence electrons. The van der Waals surface area contributed by atoms with Crippen LogP contribution >= 0.6 is 0 Å². The van der Waals surface area contributed by atoms with E-state index >= 15 is 0 Å². The molecular formula is C53H34N6O2PdPt. The molecule has 10 heteroatoms. The predicted octanol–water partition coefficient (Wildman–Crippen LogP) is 12.6. The molecule has 0 N–H and O–H groups in total. The normalized spacial score (nSPS) is 12.4. The van der Waals surface area contributed by atoms with E-state index in [4.69, 9.17) is 19.4 Å². The van der Waals surface area contributed by atoms with Gasteiger partial charge in [0.1, 0.15) is 0 Å². The minimum absolute atomic E-state index is 0. The van der Waals surface area contributed by atoms with E-state index in [1.165, 1.54) is 11.1 Å². The molecule has 0 atom stereocenters. The van der Waals surface area contributed by atoms with Crippen molar-refractivity contribution in [3.63, 3.8) is 0 Å². The SMILES string of the molecule is CC1(C)c2ccccc2N(c2cnc(-n3c4[c-]c(Oc5[c-]c(-c6ccccn6)ccc5)ccc4c4ccc(Oc5[c-]c(-c6ccccn6)ccc5)[c-]c43)nc2)c2ccccc21.[Pd+2].[Pt+2]. The average Bonchev–Trinajstić information content (AvgIpc) is 3.63. The van der Waals surface area contributed by atoms with Crippen molar-refractivity contribution in [2.45, 2.75) is 19.3 Å². The molecule has 1 aliphatic heterocycles.